The maximum atomic E-state index is 10.8. The Labute approximate surface area is 129 Å². The highest BCUT2D eigenvalue weighted by molar-refractivity contribution is 6.30. The summed E-state index contributed by atoms with van der Waals surface area (Å²) in [6.45, 7) is 0. The maximum absolute atomic E-state index is 10.8. The van der Waals surface area contributed by atoms with Gasteiger partial charge in [-0.2, -0.15) is 0 Å². The third-order valence-corrected chi connectivity index (χ3v) is 3.93. The minimum absolute atomic E-state index is 0.614. The van der Waals surface area contributed by atoms with Gasteiger partial charge in [-0.15, -0.1) is 0 Å². The minimum atomic E-state index is -0.725. The molecule has 2 nitrogen and oxygen atoms in total. The lowest BCUT2D eigenvalue weighted by molar-refractivity contribution is 0.222. The van der Waals surface area contributed by atoms with E-state index >= 15 is 0 Å². The van der Waals surface area contributed by atoms with Crippen LogP contribution in [-0.4, -0.2) is 12.2 Å². The molecule has 1 unspecified atom stereocenters. The minimum Gasteiger partial charge on any atom is -0.388 e. The molecular formula is C18H16ClNO. The molecular weight excluding hydrogens is 282 g/mol. The molecule has 3 aromatic rings. The lowest BCUT2D eigenvalue weighted by Gasteiger charge is -2.18. The van der Waals surface area contributed by atoms with Gasteiger partial charge >= 0.3 is 0 Å². The highest BCUT2D eigenvalue weighted by atomic mass is 35.5. The van der Waals surface area contributed by atoms with Gasteiger partial charge in [-0.1, -0.05) is 54.1 Å². The summed E-state index contributed by atoms with van der Waals surface area (Å²) in [7, 11) is 1.84. The topological polar surface area (TPSA) is 32.3 Å². The molecule has 0 spiro atoms. The molecule has 0 heterocycles. The number of aliphatic hydroxyl groups excluding tert-OH is 1. The van der Waals surface area contributed by atoms with Crippen molar-refractivity contribution in [2.45, 2.75) is 6.10 Å². The smallest absolute Gasteiger partial charge is 0.107 e. The van der Waals surface area contributed by atoms with Gasteiger partial charge in [0.25, 0.3) is 0 Å². The Balaban J connectivity index is 2.17. The molecule has 3 rings (SSSR count). The summed E-state index contributed by atoms with van der Waals surface area (Å²) in [4.78, 5) is 0. The highest BCUT2D eigenvalue weighted by Crippen LogP contribution is 2.34. The molecule has 0 aromatic heterocycles. The Kier molecular flexibility index (Phi) is 3.82. The number of rotatable bonds is 3. The van der Waals surface area contributed by atoms with Gasteiger partial charge in [0.15, 0.2) is 0 Å². The first-order chi connectivity index (χ1) is 10.2. The largest absolute Gasteiger partial charge is 0.388 e. The van der Waals surface area contributed by atoms with Crippen LogP contribution in [0.1, 0.15) is 17.2 Å². The monoisotopic (exact) mass is 297 g/mol. The van der Waals surface area contributed by atoms with Gasteiger partial charge < -0.3 is 10.4 Å². The number of hydrogen-bond acceptors (Lipinski definition) is 2. The Hall–Kier alpha value is -2.03. The molecule has 0 amide bonds. The third-order valence-electron chi connectivity index (χ3n) is 3.70. The van der Waals surface area contributed by atoms with Gasteiger partial charge in [0, 0.05) is 23.3 Å². The molecule has 2 N–H and O–H groups in total. The predicted octanol–water partition coefficient (Wildman–Crippen LogP) is 4.62. The van der Waals surface area contributed by atoms with E-state index in [4.69, 9.17) is 11.6 Å². The fourth-order valence-electron chi connectivity index (χ4n) is 2.64. The first kappa shape index (κ1) is 13.9. The van der Waals surface area contributed by atoms with Crippen LogP contribution < -0.4 is 5.32 Å². The van der Waals surface area contributed by atoms with Crippen molar-refractivity contribution in [3.05, 3.63) is 76.8 Å². The molecule has 1 atom stereocenters. The van der Waals surface area contributed by atoms with Crippen LogP contribution in [0, 0.1) is 0 Å². The summed E-state index contributed by atoms with van der Waals surface area (Å²) in [6.07, 6.45) is -0.725. The average molecular weight is 298 g/mol. The predicted molar refractivity (Wildman–Crippen MR) is 89.0 cm³/mol. The van der Waals surface area contributed by atoms with Crippen LogP contribution in [0.2, 0.25) is 5.02 Å². The summed E-state index contributed by atoms with van der Waals surface area (Å²) in [6, 6.07) is 19.5. The van der Waals surface area contributed by atoms with Crippen LogP contribution in [0.15, 0.2) is 60.7 Å². The zero-order valence-corrected chi connectivity index (χ0v) is 12.4. The van der Waals surface area contributed by atoms with Gasteiger partial charge in [0.05, 0.1) is 0 Å². The van der Waals surface area contributed by atoms with Crippen molar-refractivity contribution in [3.8, 4) is 0 Å². The van der Waals surface area contributed by atoms with E-state index in [2.05, 4.69) is 5.32 Å². The number of halogens is 1. The molecule has 0 saturated carbocycles. The maximum Gasteiger partial charge on any atom is 0.107 e. The molecule has 0 aliphatic carbocycles. The van der Waals surface area contributed by atoms with Gasteiger partial charge in [0.2, 0.25) is 0 Å². The number of anilines is 1. The Bertz CT molecular complexity index is 780. The van der Waals surface area contributed by atoms with Crippen LogP contribution in [0.5, 0.6) is 0 Å². The van der Waals surface area contributed by atoms with Gasteiger partial charge in [0.1, 0.15) is 6.10 Å². The molecule has 0 radical (unpaired) electrons. The van der Waals surface area contributed by atoms with E-state index in [0.717, 1.165) is 27.6 Å². The van der Waals surface area contributed by atoms with Gasteiger partial charge in [-0.3, -0.25) is 0 Å². The second kappa shape index (κ2) is 5.76. The molecule has 0 aliphatic heterocycles. The second-order valence-electron chi connectivity index (χ2n) is 4.95. The van der Waals surface area contributed by atoms with Gasteiger partial charge in [-0.05, 0) is 34.5 Å². The standard InChI is InChI=1S/C18H16ClNO/c1-20-17-10-9-13(19)11-16(17)18(21)15-8-4-6-12-5-2-3-7-14(12)15/h2-11,18,20-21H,1H3. The van der Waals surface area contributed by atoms with Crippen LogP contribution >= 0.6 is 11.6 Å². The normalized spacial score (nSPS) is 12.3. The number of aliphatic hydroxyl groups is 1. The molecule has 106 valence electrons. The quantitative estimate of drug-likeness (QED) is 0.739. The summed E-state index contributed by atoms with van der Waals surface area (Å²) in [5.41, 5.74) is 2.54. The zero-order chi connectivity index (χ0) is 14.8. The Morgan fingerprint density at radius 3 is 2.52 bits per heavy atom. The van der Waals surface area contributed by atoms with Crippen LogP contribution in [0.4, 0.5) is 5.69 Å². The fraction of sp³-hybridized carbons (Fsp3) is 0.111. The first-order valence-electron chi connectivity index (χ1n) is 6.83. The zero-order valence-electron chi connectivity index (χ0n) is 11.7. The summed E-state index contributed by atoms with van der Waals surface area (Å²) < 4.78 is 0. The van der Waals surface area contributed by atoms with E-state index in [1.54, 1.807) is 6.07 Å². The van der Waals surface area contributed by atoms with E-state index in [-0.39, 0.29) is 0 Å². The van der Waals surface area contributed by atoms with E-state index in [9.17, 15) is 5.11 Å². The lowest BCUT2D eigenvalue weighted by Crippen LogP contribution is -2.04. The first-order valence-corrected chi connectivity index (χ1v) is 7.21. The van der Waals surface area contributed by atoms with Gasteiger partial charge in [-0.25, -0.2) is 0 Å². The lowest BCUT2D eigenvalue weighted by atomic mass is 9.95. The summed E-state index contributed by atoms with van der Waals surface area (Å²) in [5.74, 6) is 0. The molecule has 21 heavy (non-hydrogen) atoms. The highest BCUT2D eigenvalue weighted by Gasteiger charge is 2.17. The van der Waals surface area contributed by atoms with Crippen molar-refractivity contribution in [2.24, 2.45) is 0 Å². The van der Waals surface area contributed by atoms with Crippen molar-refractivity contribution >= 4 is 28.1 Å². The van der Waals surface area contributed by atoms with E-state index < -0.39 is 6.10 Å². The Morgan fingerprint density at radius 1 is 0.952 bits per heavy atom. The van der Waals surface area contributed by atoms with E-state index in [0.29, 0.717) is 5.02 Å². The third kappa shape index (κ3) is 2.60. The molecule has 0 saturated heterocycles. The van der Waals surface area contributed by atoms with Crippen LogP contribution in [-0.2, 0) is 0 Å². The average Bonchev–Trinajstić information content (AvgIpc) is 2.53. The van der Waals surface area contributed by atoms with E-state index in [1.807, 2.05) is 61.6 Å². The van der Waals surface area contributed by atoms with Crippen molar-refractivity contribution in [2.75, 3.05) is 12.4 Å². The molecule has 3 aromatic carbocycles. The number of nitrogens with one attached hydrogen (secondary N) is 1. The summed E-state index contributed by atoms with van der Waals surface area (Å²) in [5, 5.41) is 16.7. The number of benzene rings is 3. The number of fused-ring (bicyclic) bond motifs is 1. The summed E-state index contributed by atoms with van der Waals surface area (Å²) >= 11 is 6.08. The molecule has 3 heteroatoms. The van der Waals surface area contributed by atoms with Crippen molar-refractivity contribution < 1.29 is 5.11 Å². The molecule has 0 bridgehead atoms. The van der Waals surface area contributed by atoms with Crippen molar-refractivity contribution in [1.29, 1.82) is 0 Å². The van der Waals surface area contributed by atoms with Crippen molar-refractivity contribution in [1.82, 2.24) is 0 Å². The van der Waals surface area contributed by atoms with Crippen LogP contribution in [0.3, 0.4) is 0 Å². The molecule has 0 aliphatic rings. The molecule has 0 fully saturated rings. The van der Waals surface area contributed by atoms with Crippen molar-refractivity contribution in [3.63, 3.8) is 0 Å². The number of hydrogen-bond donors (Lipinski definition) is 2. The fourth-order valence-corrected chi connectivity index (χ4v) is 2.82. The second-order valence-corrected chi connectivity index (χ2v) is 5.39. The SMILES string of the molecule is CNc1ccc(Cl)cc1C(O)c1cccc2ccccc12. The van der Waals surface area contributed by atoms with E-state index in [1.165, 1.54) is 0 Å². The Morgan fingerprint density at radius 2 is 1.71 bits per heavy atom. The van der Waals surface area contributed by atoms with Crippen LogP contribution in [0.25, 0.3) is 10.8 Å².